The van der Waals surface area contributed by atoms with E-state index in [2.05, 4.69) is 10.1 Å². The van der Waals surface area contributed by atoms with Crippen LogP contribution >= 0.6 is 0 Å². The Morgan fingerprint density at radius 1 is 1.21 bits per heavy atom. The number of aromatic nitrogens is 3. The average Bonchev–Trinajstić information content (AvgIpc) is 3.40. The Balaban J connectivity index is 1.43. The van der Waals surface area contributed by atoms with E-state index in [1.807, 2.05) is 40.8 Å². The molecule has 0 N–H and O–H groups in total. The zero-order valence-corrected chi connectivity index (χ0v) is 13.9. The van der Waals surface area contributed by atoms with Crippen LogP contribution in [0.2, 0.25) is 0 Å². The summed E-state index contributed by atoms with van der Waals surface area (Å²) >= 11 is 0. The first-order valence-corrected chi connectivity index (χ1v) is 8.70. The van der Waals surface area contributed by atoms with Crippen LogP contribution in [0.3, 0.4) is 0 Å². The number of amides is 1. The van der Waals surface area contributed by atoms with E-state index in [9.17, 15) is 4.79 Å². The first-order chi connectivity index (χ1) is 11.7. The molecular weight excluding hydrogens is 304 g/mol. The third kappa shape index (κ3) is 3.00. The average molecular weight is 326 g/mol. The molecule has 1 fully saturated rings. The van der Waals surface area contributed by atoms with Gasteiger partial charge in [0, 0.05) is 31.0 Å². The van der Waals surface area contributed by atoms with Crippen molar-refractivity contribution >= 4 is 5.91 Å². The van der Waals surface area contributed by atoms with Crippen LogP contribution in [0.25, 0.3) is 0 Å². The van der Waals surface area contributed by atoms with E-state index in [1.54, 1.807) is 0 Å². The summed E-state index contributed by atoms with van der Waals surface area (Å²) in [5, 5.41) is 4.62. The lowest BCUT2D eigenvalue weighted by Gasteiger charge is -2.20. The first kappa shape index (κ1) is 15.2. The van der Waals surface area contributed by atoms with Crippen molar-refractivity contribution < 1.29 is 9.53 Å². The molecule has 0 bridgehead atoms. The summed E-state index contributed by atoms with van der Waals surface area (Å²) in [6.07, 6.45) is 3.19. The van der Waals surface area contributed by atoms with Crippen molar-refractivity contribution in [3.63, 3.8) is 0 Å². The highest BCUT2D eigenvalue weighted by atomic mass is 16.5. The number of rotatable bonds is 4. The van der Waals surface area contributed by atoms with Crippen LogP contribution in [0, 0.1) is 0 Å². The molecule has 1 aromatic carbocycles. The predicted molar refractivity (Wildman–Crippen MR) is 89.2 cm³/mol. The molecule has 1 aliphatic carbocycles. The van der Waals surface area contributed by atoms with Gasteiger partial charge < -0.3 is 9.64 Å². The van der Waals surface area contributed by atoms with E-state index in [4.69, 9.17) is 4.74 Å². The van der Waals surface area contributed by atoms with Crippen molar-refractivity contribution in [1.29, 1.82) is 0 Å². The lowest BCUT2D eigenvalue weighted by Crippen LogP contribution is -2.33. The minimum absolute atomic E-state index is 0.0613. The molecule has 1 amide bonds. The van der Waals surface area contributed by atoms with E-state index < -0.39 is 0 Å². The molecule has 0 radical (unpaired) electrons. The topological polar surface area (TPSA) is 60.2 Å². The maximum Gasteiger partial charge on any atom is 0.253 e. The fraction of sp³-hybridized carbons (Fsp3) is 0.500. The third-order valence-electron chi connectivity index (χ3n) is 4.59. The third-order valence-corrected chi connectivity index (χ3v) is 4.59. The maximum atomic E-state index is 12.7. The minimum atomic E-state index is 0.0613. The number of hydrogen-bond acceptors (Lipinski definition) is 4. The molecule has 0 saturated heterocycles. The molecule has 126 valence electrons. The second kappa shape index (κ2) is 6.26. The van der Waals surface area contributed by atoms with E-state index in [0.717, 1.165) is 30.4 Å². The molecule has 1 aromatic heterocycles. The molecule has 4 rings (SSSR count). The summed E-state index contributed by atoms with van der Waals surface area (Å²) < 4.78 is 7.41. The number of ether oxygens (including phenoxy) is 1. The summed E-state index contributed by atoms with van der Waals surface area (Å²) in [7, 11) is 0. The van der Waals surface area contributed by atoms with Crippen molar-refractivity contribution in [2.75, 3.05) is 19.7 Å². The van der Waals surface area contributed by atoms with Crippen molar-refractivity contribution in [1.82, 2.24) is 19.7 Å². The van der Waals surface area contributed by atoms with Gasteiger partial charge in [-0.3, -0.25) is 4.79 Å². The monoisotopic (exact) mass is 326 g/mol. The smallest absolute Gasteiger partial charge is 0.253 e. The van der Waals surface area contributed by atoms with Crippen LogP contribution < -0.4 is 4.74 Å². The number of nitrogens with zero attached hydrogens (tertiary/aromatic N) is 4. The van der Waals surface area contributed by atoms with Gasteiger partial charge in [-0.25, -0.2) is 9.67 Å². The maximum absolute atomic E-state index is 12.7. The van der Waals surface area contributed by atoms with Crippen LogP contribution in [-0.2, 0) is 13.0 Å². The van der Waals surface area contributed by atoms with Gasteiger partial charge in [0.05, 0.1) is 13.2 Å². The first-order valence-electron chi connectivity index (χ1n) is 8.70. The fourth-order valence-corrected chi connectivity index (χ4v) is 3.08. The number of fused-ring (bicyclic) bond motifs is 1. The summed E-state index contributed by atoms with van der Waals surface area (Å²) in [4.78, 5) is 19.3. The van der Waals surface area contributed by atoms with Gasteiger partial charge in [-0.15, -0.1) is 0 Å². The van der Waals surface area contributed by atoms with Gasteiger partial charge in [0.2, 0.25) is 0 Å². The van der Waals surface area contributed by atoms with Crippen molar-refractivity contribution in [2.24, 2.45) is 0 Å². The van der Waals surface area contributed by atoms with Gasteiger partial charge in [0.15, 0.2) is 5.82 Å². The van der Waals surface area contributed by atoms with Gasteiger partial charge in [-0.1, -0.05) is 0 Å². The van der Waals surface area contributed by atoms with E-state index in [-0.39, 0.29) is 5.91 Å². The molecule has 2 heterocycles. The highest BCUT2D eigenvalue weighted by Gasteiger charge is 2.30. The number of carbonyl (C=O) groups excluding carboxylic acids is 1. The van der Waals surface area contributed by atoms with Crippen molar-refractivity contribution in [3.8, 4) is 5.75 Å². The predicted octanol–water partition coefficient (Wildman–Crippen LogP) is 2.25. The number of carbonyl (C=O) groups is 1. The molecule has 0 atom stereocenters. The van der Waals surface area contributed by atoms with Gasteiger partial charge in [0.25, 0.3) is 5.91 Å². The Bertz CT molecular complexity index is 708. The molecule has 24 heavy (non-hydrogen) atoms. The second-order valence-corrected chi connectivity index (χ2v) is 6.38. The molecule has 2 aromatic rings. The number of hydrogen-bond donors (Lipinski definition) is 0. The molecular formula is C18H22N4O2. The zero-order chi connectivity index (χ0) is 16.5. The van der Waals surface area contributed by atoms with Gasteiger partial charge >= 0.3 is 0 Å². The fourth-order valence-electron chi connectivity index (χ4n) is 3.08. The lowest BCUT2D eigenvalue weighted by atomic mass is 10.2. The van der Waals surface area contributed by atoms with Crippen LogP contribution in [0.1, 0.15) is 47.7 Å². The van der Waals surface area contributed by atoms with Crippen molar-refractivity contribution in [3.05, 3.63) is 41.5 Å². The second-order valence-electron chi connectivity index (χ2n) is 6.38. The molecule has 6 nitrogen and oxygen atoms in total. The Labute approximate surface area is 141 Å². The molecule has 0 unspecified atom stereocenters. The summed E-state index contributed by atoms with van der Waals surface area (Å²) in [5.74, 6) is 3.44. The molecule has 0 spiro atoms. The summed E-state index contributed by atoms with van der Waals surface area (Å²) in [6.45, 7) is 4.66. The van der Waals surface area contributed by atoms with Crippen molar-refractivity contribution in [2.45, 2.75) is 38.6 Å². The quantitative estimate of drug-likeness (QED) is 0.865. The minimum Gasteiger partial charge on any atom is -0.494 e. The molecule has 2 aliphatic rings. The van der Waals surface area contributed by atoms with E-state index >= 15 is 0 Å². The Morgan fingerprint density at radius 3 is 2.71 bits per heavy atom. The van der Waals surface area contributed by atoms with Crippen LogP contribution in [0.5, 0.6) is 5.75 Å². The Kier molecular flexibility index (Phi) is 3.96. The molecule has 1 aliphatic heterocycles. The summed E-state index contributed by atoms with van der Waals surface area (Å²) in [6, 6.07) is 7.37. The van der Waals surface area contributed by atoms with Gasteiger partial charge in [-0.2, -0.15) is 5.10 Å². The highest BCUT2D eigenvalue weighted by molar-refractivity contribution is 5.94. The van der Waals surface area contributed by atoms with Crippen LogP contribution in [0.15, 0.2) is 24.3 Å². The summed E-state index contributed by atoms with van der Waals surface area (Å²) in [5.41, 5.74) is 0.699. The van der Waals surface area contributed by atoms with Crippen LogP contribution in [-0.4, -0.2) is 45.3 Å². The van der Waals surface area contributed by atoms with Gasteiger partial charge in [-0.05, 0) is 44.0 Å². The SMILES string of the molecule is CCOc1ccc(C(=O)N2CCc3nc(C4CC4)nn3CC2)cc1. The largest absolute Gasteiger partial charge is 0.494 e. The Morgan fingerprint density at radius 2 is 2.00 bits per heavy atom. The normalized spacial score (nSPS) is 17.3. The van der Waals surface area contributed by atoms with E-state index in [0.29, 0.717) is 31.2 Å². The van der Waals surface area contributed by atoms with Crippen LogP contribution in [0.4, 0.5) is 0 Å². The standard InChI is InChI=1S/C18H22N4O2/c1-2-24-15-7-5-14(6-8-15)18(23)21-10-9-16-19-17(13-3-4-13)20-22(16)12-11-21/h5-8,13H,2-4,9-12H2,1H3. The Hall–Kier alpha value is -2.37. The zero-order valence-electron chi connectivity index (χ0n) is 13.9. The molecule has 6 heteroatoms. The number of benzene rings is 1. The molecule has 1 saturated carbocycles. The lowest BCUT2D eigenvalue weighted by molar-refractivity contribution is 0.0758. The van der Waals surface area contributed by atoms with Gasteiger partial charge in [0.1, 0.15) is 11.6 Å². The highest BCUT2D eigenvalue weighted by Crippen LogP contribution is 2.38. The van der Waals surface area contributed by atoms with E-state index in [1.165, 1.54) is 12.8 Å².